The molecule has 1 aromatic rings. The summed E-state index contributed by atoms with van der Waals surface area (Å²) in [5, 5.41) is 0.376. The van der Waals surface area contributed by atoms with E-state index in [9.17, 15) is 9.59 Å². The van der Waals surface area contributed by atoms with Crippen LogP contribution in [-0.2, 0) is 4.74 Å². The molecule has 2 unspecified atom stereocenters. The number of carbonyl (C=O) groups excluding carboxylic acids is 2. The van der Waals surface area contributed by atoms with Gasteiger partial charge in [0.1, 0.15) is 17.5 Å². The molecule has 1 aliphatic heterocycles. The largest absolute Gasteiger partial charge is 0.489 e. The molecule has 1 heterocycles. The van der Waals surface area contributed by atoms with Crippen LogP contribution in [0.5, 0.6) is 5.75 Å². The average Bonchev–Trinajstić information content (AvgIpc) is 3.42. The van der Waals surface area contributed by atoms with E-state index in [1.165, 1.54) is 4.90 Å². The zero-order valence-corrected chi connectivity index (χ0v) is 19.5. The average molecular weight is 445 g/mol. The van der Waals surface area contributed by atoms with Crippen LogP contribution in [0.25, 0.3) is 0 Å². The van der Waals surface area contributed by atoms with Gasteiger partial charge in [-0.15, -0.1) is 0 Å². The first-order valence-corrected chi connectivity index (χ1v) is 10.8. The Balaban J connectivity index is 1.50. The summed E-state index contributed by atoms with van der Waals surface area (Å²) >= 11 is 6.24. The molecule has 1 aliphatic carbocycles. The second kappa shape index (κ2) is 9.23. The fourth-order valence-electron chi connectivity index (χ4n) is 3.07. The van der Waals surface area contributed by atoms with E-state index in [4.69, 9.17) is 21.1 Å². The third kappa shape index (κ3) is 6.41. The van der Waals surface area contributed by atoms with Crippen molar-refractivity contribution in [2.24, 2.45) is 5.92 Å². The van der Waals surface area contributed by atoms with E-state index >= 15 is 0 Å². The number of benzene rings is 1. The Kier molecular flexibility index (Phi) is 6.86. The summed E-state index contributed by atoms with van der Waals surface area (Å²) in [4.78, 5) is 27.4. The maximum Gasteiger partial charge on any atom is 0.410 e. The highest BCUT2D eigenvalue weighted by atomic mass is 35.5. The normalized spacial score (nSPS) is 20.2. The van der Waals surface area contributed by atoms with Crippen molar-refractivity contribution in [2.75, 3.05) is 27.2 Å². The minimum Gasteiger partial charge on any atom is -0.489 e. The molecule has 3 rings (SSSR count). The van der Waals surface area contributed by atoms with E-state index in [-0.39, 0.29) is 24.0 Å². The van der Waals surface area contributed by atoms with Crippen LogP contribution in [0.2, 0.25) is 5.02 Å². The first kappa shape index (κ1) is 23.0. The third-order valence-corrected chi connectivity index (χ3v) is 5.19. The van der Waals surface area contributed by atoms with Gasteiger partial charge in [-0.1, -0.05) is 29.5 Å². The van der Waals surface area contributed by atoms with Crippen LogP contribution in [0.4, 0.5) is 4.79 Å². The molecule has 2 atom stereocenters. The summed E-state index contributed by atoms with van der Waals surface area (Å²) in [6.07, 6.45) is 3.31. The zero-order chi connectivity index (χ0) is 22.8. The van der Waals surface area contributed by atoms with E-state index in [0.29, 0.717) is 29.4 Å². The first-order chi connectivity index (χ1) is 14.5. The predicted molar refractivity (Wildman–Crippen MR) is 120 cm³/mol. The van der Waals surface area contributed by atoms with Gasteiger partial charge in [-0.25, -0.2) is 4.79 Å². The molecule has 0 N–H and O–H groups in total. The van der Waals surface area contributed by atoms with E-state index < -0.39 is 5.60 Å². The Morgan fingerprint density at radius 3 is 2.58 bits per heavy atom. The van der Waals surface area contributed by atoms with Crippen molar-refractivity contribution >= 4 is 23.6 Å². The molecule has 7 heteroatoms. The lowest BCUT2D eigenvalue weighted by Crippen LogP contribution is -2.39. The molecule has 2 aliphatic rings. The number of nitrogens with zero attached hydrogens (tertiary/aromatic N) is 2. The van der Waals surface area contributed by atoms with Crippen LogP contribution >= 0.6 is 11.6 Å². The number of halogens is 1. The van der Waals surface area contributed by atoms with Crippen molar-refractivity contribution < 1.29 is 19.1 Å². The van der Waals surface area contributed by atoms with Gasteiger partial charge in [-0.3, -0.25) is 4.79 Å². The van der Waals surface area contributed by atoms with Gasteiger partial charge in [0.15, 0.2) is 0 Å². The van der Waals surface area contributed by atoms with Crippen LogP contribution in [-0.4, -0.2) is 60.7 Å². The van der Waals surface area contributed by atoms with E-state index in [1.54, 1.807) is 37.2 Å². The second-order valence-corrected chi connectivity index (χ2v) is 9.42. The molecule has 1 aromatic carbocycles. The van der Waals surface area contributed by atoms with Crippen LogP contribution in [0, 0.1) is 17.8 Å². The van der Waals surface area contributed by atoms with Crippen molar-refractivity contribution in [3.8, 4) is 17.6 Å². The Labute approximate surface area is 189 Å². The number of hydrogen-bond donors (Lipinski definition) is 0. The summed E-state index contributed by atoms with van der Waals surface area (Å²) in [6.45, 7) is 6.71. The Morgan fingerprint density at radius 2 is 2.00 bits per heavy atom. The number of ether oxygens (including phenoxy) is 2. The van der Waals surface area contributed by atoms with E-state index in [2.05, 4.69) is 11.8 Å². The molecular weight excluding hydrogens is 416 g/mol. The Hall–Kier alpha value is -2.65. The zero-order valence-electron chi connectivity index (χ0n) is 18.7. The molecule has 166 valence electrons. The number of hydrogen-bond acceptors (Lipinski definition) is 4. The van der Waals surface area contributed by atoms with Gasteiger partial charge in [-0.2, -0.15) is 0 Å². The molecule has 0 spiro atoms. The Morgan fingerprint density at radius 1 is 1.26 bits per heavy atom. The second-order valence-electron chi connectivity index (χ2n) is 9.01. The lowest BCUT2D eigenvalue weighted by molar-refractivity contribution is 0.0267. The van der Waals surface area contributed by atoms with Crippen molar-refractivity contribution in [2.45, 2.75) is 45.3 Å². The highest BCUT2D eigenvalue weighted by molar-refractivity contribution is 6.34. The van der Waals surface area contributed by atoms with Crippen LogP contribution < -0.4 is 4.74 Å². The summed E-state index contributed by atoms with van der Waals surface area (Å²) in [7, 11) is 3.38. The van der Waals surface area contributed by atoms with Crippen molar-refractivity contribution in [1.29, 1.82) is 0 Å². The molecular formula is C24H29ClN2O4. The Bertz CT molecular complexity index is 953. The highest BCUT2D eigenvalue weighted by Gasteiger charge is 2.38. The molecule has 0 saturated heterocycles. The first-order valence-electron chi connectivity index (χ1n) is 10.4. The lowest BCUT2D eigenvalue weighted by Gasteiger charge is -2.28. The van der Waals surface area contributed by atoms with Crippen LogP contribution in [0.3, 0.4) is 0 Å². The maximum atomic E-state index is 12.1. The third-order valence-electron chi connectivity index (χ3n) is 4.88. The van der Waals surface area contributed by atoms with Crippen molar-refractivity contribution in [3.63, 3.8) is 0 Å². The highest BCUT2D eigenvalue weighted by Crippen LogP contribution is 2.35. The van der Waals surface area contributed by atoms with Gasteiger partial charge in [-0.05, 0) is 45.4 Å². The van der Waals surface area contributed by atoms with Gasteiger partial charge in [0, 0.05) is 39.2 Å². The minimum absolute atomic E-state index is 0.0291. The topological polar surface area (TPSA) is 59.1 Å². The molecule has 0 aromatic heterocycles. The number of amides is 2. The van der Waals surface area contributed by atoms with E-state index in [0.717, 1.165) is 18.4 Å². The number of carbonyl (C=O) groups is 2. The summed E-state index contributed by atoms with van der Waals surface area (Å²) in [5.74, 6) is 7.17. The smallest absolute Gasteiger partial charge is 0.410 e. The van der Waals surface area contributed by atoms with Crippen LogP contribution in [0.1, 0.15) is 44.0 Å². The van der Waals surface area contributed by atoms with Crippen molar-refractivity contribution in [1.82, 2.24) is 9.80 Å². The quantitative estimate of drug-likeness (QED) is 0.649. The SMILES string of the molecule is CN(C)C(=O)c1ccc(OC2CC2C#CC2=CCN(C(=O)OC(C)(C)C)CC2)cc1Cl. The maximum absolute atomic E-state index is 12.1. The molecule has 1 saturated carbocycles. The molecule has 0 bridgehead atoms. The van der Waals surface area contributed by atoms with Gasteiger partial charge >= 0.3 is 6.09 Å². The van der Waals surface area contributed by atoms with Crippen LogP contribution in [0.15, 0.2) is 29.8 Å². The number of rotatable bonds is 3. The van der Waals surface area contributed by atoms with Gasteiger partial charge in [0.25, 0.3) is 5.91 Å². The monoisotopic (exact) mass is 444 g/mol. The molecule has 2 amide bonds. The lowest BCUT2D eigenvalue weighted by atomic mass is 10.1. The van der Waals surface area contributed by atoms with E-state index in [1.807, 2.05) is 26.8 Å². The molecule has 31 heavy (non-hydrogen) atoms. The van der Waals surface area contributed by atoms with Crippen molar-refractivity contribution in [3.05, 3.63) is 40.4 Å². The minimum atomic E-state index is -0.492. The fourth-order valence-corrected chi connectivity index (χ4v) is 3.32. The van der Waals surface area contributed by atoms with Gasteiger partial charge in [0.2, 0.25) is 0 Å². The molecule has 0 radical (unpaired) electrons. The molecule has 1 fully saturated rings. The fraction of sp³-hybridized carbons (Fsp3) is 0.500. The standard InChI is InChI=1S/C24H29ClN2O4/c1-24(2,3)31-23(29)27-12-10-16(11-13-27)6-7-17-14-21(17)30-18-8-9-19(20(25)15-18)22(28)26(4)5/h8-10,15,17,21H,11-14H2,1-5H3. The van der Waals surface area contributed by atoms with Gasteiger partial charge < -0.3 is 19.3 Å². The summed E-state index contributed by atoms with van der Waals surface area (Å²) < 4.78 is 11.4. The summed E-state index contributed by atoms with van der Waals surface area (Å²) in [6, 6.07) is 5.13. The predicted octanol–water partition coefficient (Wildman–Crippen LogP) is 4.38. The summed E-state index contributed by atoms with van der Waals surface area (Å²) in [5.41, 5.74) is 1.00. The molecule has 6 nitrogen and oxygen atoms in total. The van der Waals surface area contributed by atoms with Gasteiger partial charge in [0.05, 0.1) is 16.5 Å².